The van der Waals surface area contributed by atoms with E-state index in [4.69, 9.17) is 27.9 Å². The summed E-state index contributed by atoms with van der Waals surface area (Å²) >= 11 is 12.8. The number of allylic oxidation sites excluding steroid dienone is 2. The van der Waals surface area contributed by atoms with E-state index < -0.39 is 17.8 Å². The van der Waals surface area contributed by atoms with E-state index in [-0.39, 0.29) is 12.4 Å². The van der Waals surface area contributed by atoms with Gasteiger partial charge in [0.2, 0.25) is 0 Å². The van der Waals surface area contributed by atoms with Gasteiger partial charge in [0.1, 0.15) is 12.5 Å². The van der Waals surface area contributed by atoms with Crippen LogP contribution >= 0.6 is 23.2 Å². The van der Waals surface area contributed by atoms with E-state index in [9.17, 15) is 9.59 Å². The van der Waals surface area contributed by atoms with Gasteiger partial charge in [0, 0.05) is 29.3 Å². The second-order valence-corrected chi connectivity index (χ2v) is 8.30. The molecule has 154 valence electrons. The van der Waals surface area contributed by atoms with Gasteiger partial charge in [-0.3, -0.25) is 9.59 Å². The number of hydrogen-bond donors (Lipinski definition) is 1. The molecule has 2 aromatic carbocycles. The lowest BCUT2D eigenvalue weighted by Gasteiger charge is -2.38. The van der Waals surface area contributed by atoms with E-state index in [1.54, 1.807) is 12.1 Å². The van der Waals surface area contributed by atoms with Crippen molar-refractivity contribution in [2.24, 2.45) is 5.92 Å². The zero-order valence-corrected chi connectivity index (χ0v) is 17.8. The summed E-state index contributed by atoms with van der Waals surface area (Å²) in [4.78, 5) is 26.1. The Hall–Kier alpha value is -2.56. The molecule has 2 aliphatic rings. The first-order valence-corrected chi connectivity index (χ1v) is 10.6. The van der Waals surface area contributed by atoms with Crippen LogP contribution in [0.5, 0.6) is 0 Å². The summed E-state index contributed by atoms with van der Waals surface area (Å²) in [5.74, 6) is -1.82. The van der Waals surface area contributed by atoms with Crippen LogP contribution in [-0.4, -0.2) is 11.8 Å². The van der Waals surface area contributed by atoms with Gasteiger partial charge in [0.05, 0.1) is 10.0 Å². The van der Waals surface area contributed by atoms with Crippen LogP contribution in [0.3, 0.4) is 0 Å². The monoisotopic (exact) mass is 441 g/mol. The summed E-state index contributed by atoms with van der Waals surface area (Å²) in [5.41, 5.74) is 3.41. The molecule has 0 saturated heterocycles. The number of hydrogen-bond acceptors (Lipinski definition) is 4. The summed E-state index contributed by atoms with van der Waals surface area (Å²) < 4.78 is 5.63. The molecule has 1 N–H and O–H groups in total. The quantitative estimate of drug-likeness (QED) is 0.630. The minimum Gasteiger partial charge on any atom is -0.460 e. The van der Waals surface area contributed by atoms with E-state index in [0.717, 1.165) is 24.1 Å². The van der Waals surface area contributed by atoms with Crippen LogP contribution in [0.1, 0.15) is 36.3 Å². The lowest BCUT2D eigenvalue weighted by molar-refractivity contribution is -0.149. The SMILES string of the molecule is C=C1NC2=C(C(=O)CCC2)C(c2cccc(Cl)c2Cl)C1C(=O)OCc1ccccc1. The Kier molecular flexibility index (Phi) is 5.98. The van der Waals surface area contributed by atoms with Gasteiger partial charge in [0.25, 0.3) is 0 Å². The van der Waals surface area contributed by atoms with Gasteiger partial charge >= 0.3 is 5.97 Å². The van der Waals surface area contributed by atoms with Crippen LogP contribution in [0.15, 0.2) is 72.1 Å². The number of carbonyl (C=O) groups is 2. The molecule has 2 unspecified atom stereocenters. The van der Waals surface area contributed by atoms with Crippen LogP contribution in [0.2, 0.25) is 10.0 Å². The van der Waals surface area contributed by atoms with Crippen molar-refractivity contribution in [1.82, 2.24) is 5.32 Å². The average Bonchev–Trinajstić information content (AvgIpc) is 2.74. The molecule has 0 fully saturated rings. The summed E-state index contributed by atoms with van der Waals surface area (Å²) in [6, 6.07) is 14.7. The third-order valence-corrected chi connectivity index (χ3v) is 6.42. The molecule has 0 radical (unpaired) electrons. The van der Waals surface area contributed by atoms with Crippen molar-refractivity contribution in [3.63, 3.8) is 0 Å². The number of nitrogens with one attached hydrogen (secondary N) is 1. The second kappa shape index (κ2) is 8.66. The molecule has 0 amide bonds. The number of carbonyl (C=O) groups excluding carboxylic acids is 2. The molecule has 0 aromatic heterocycles. The lowest BCUT2D eigenvalue weighted by atomic mass is 9.71. The fraction of sp³-hybridized carbons (Fsp3) is 0.250. The number of halogens is 2. The Morgan fingerprint density at radius 3 is 2.63 bits per heavy atom. The van der Waals surface area contributed by atoms with E-state index >= 15 is 0 Å². The Bertz CT molecular complexity index is 1050. The standard InChI is InChI=1S/C24H21Cl2NO3/c1-14-20(24(29)30-13-15-7-3-2-4-8-15)21(16-9-5-10-17(25)23(16)26)22-18(27-14)11-6-12-19(22)28/h2-5,7-10,20-21,27H,1,6,11-13H2. The van der Waals surface area contributed by atoms with Gasteiger partial charge in [-0.15, -0.1) is 0 Å². The topological polar surface area (TPSA) is 55.4 Å². The second-order valence-electron chi connectivity index (χ2n) is 7.51. The summed E-state index contributed by atoms with van der Waals surface area (Å²) in [7, 11) is 0. The van der Waals surface area contributed by atoms with Crippen LogP contribution < -0.4 is 5.32 Å². The predicted octanol–water partition coefficient (Wildman–Crippen LogP) is 5.56. The molecule has 0 saturated carbocycles. The van der Waals surface area contributed by atoms with Crippen LogP contribution in [0.4, 0.5) is 0 Å². The first-order chi connectivity index (χ1) is 14.5. The number of ketones is 1. The summed E-state index contributed by atoms with van der Waals surface area (Å²) in [6.07, 6.45) is 1.92. The molecule has 6 heteroatoms. The highest BCUT2D eigenvalue weighted by Crippen LogP contribution is 2.47. The number of ether oxygens (including phenoxy) is 1. The molecule has 2 aromatic rings. The van der Waals surface area contributed by atoms with E-state index in [1.807, 2.05) is 36.4 Å². The first kappa shape index (κ1) is 20.7. The van der Waals surface area contributed by atoms with Crippen molar-refractivity contribution in [2.45, 2.75) is 31.8 Å². The number of rotatable bonds is 4. The Morgan fingerprint density at radius 2 is 1.87 bits per heavy atom. The third kappa shape index (κ3) is 3.90. The van der Waals surface area contributed by atoms with Crippen molar-refractivity contribution >= 4 is 35.0 Å². The molecular formula is C24H21Cl2NO3. The van der Waals surface area contributed by atoms with Crippen LogP contribution in [0.25, 0.3) is 0 Å². The van der Waals surface area contributed by atoms with Crippen molar-refractivity contribution in [1.29, 1.82) is 0 Å². The Balaban J connectivity index is 1.74. The summed E-state index contributed by atoms with van der Waals surface area (Å²) in [6.45, 7) is 4.22. The van der Waals surface area contributed by atoms with Crippen molar-refractivity contribution in [3.05, 3.63) is 93.2 Å². The third-order valence-electron chi connectivity index (χ3n) is 5.58. The van der Waals surface area contributed by atoms with Gasteiger partial charge in [-0.2, -0.15) is 0 Å². The fourth-order valence-corrected chi connectivity index (χ4v) is 4.61. The number of esters is 1. The maximum atomic E-state index is 13.2. The smallest absolute Gasteiger partial charge is 0.316 e. The molecule has 0 bridgehead atoms. The minimum absolute atomic E-state index is 0.0122. The molecule has 4 rings (SSSR count). The molecule has 30 heavy (non-hydrogen) atoms. The van der Waals surface area contributed by atoms with Gasteiger partial charge in [-0.05, 0) is 30.0 Å². The Labute approximate surface area is 185 Å². The largest absolute Gasteiger partial charge is 0.460 e. The van der Waals surface area contributed by atoms with Crippen LogP contribution in [0, 0.1) is 5.92 Å². The first-order valence-electron chi connectivity index (χ1n) is 9.84. The van der Waals surface area contributed by atoms with Crippen molar-refractivity contribution in [2.75, 3.05) is 0 Å². The highest BCUT2D eigenvalue weighted by molar-refractivity contribution is 6.42. The predicted molar refractivity (Wildman–Crippen MR) is 117 cm³/mol. The molecule has 2 atom stereocenters. The maximum absolute atomic E-state index is 13.2. The van der Waals surface area contributed by atoms with E-state index in [2.05, 4.69) is 11.9 Å². The molecular weight excluding hydrogens is 421 g/mol. The summed E-state index contributed by atoms with van der Waals surface area (Å²) in [5, 5.41) is 3.91. The highest BCUT2D eigenvalue weighted by atomic mass is 35.5. The highest BCUT2D eigenvalue weighted by Gasteiger charge is 2.44. The fourth-order valence-electron chi connectivity index (χ4n) is 4.19. The molecule has 1 aliphatic heterocycles. The Morgan fingerprint density at radius 1 is 1.10 bits per heavy atom. The number of benzene rings is 2. The van der Waals surface area contributed by atoms with Gasteiger partial charge < -0.3 is 10.1 Å². The zero-order valence-electron chi connectivity index (χ0n) is 16.3. The minimum atomic E-state index is -0.787. The molecule has 1 aliphatic carbocycles. The molecule has 1 heterocycles. The van der Waals surface area contributed by atoms with Gasteiger partial charge in [-0.25, -0.2) is 0 Å². The van der Waals surface area contributed by atoms with Gasteiger partial charge in [0.15, 0.2) is 5.78 Å². The van der Waals surface area contributed by atoms with Gasteiger partial charge in [-0.1, -0.05) is 72.2 Å². The average molecular weight is 442 g/mol. The van der Waals surface area contributed by atoms with Crippen LogP contribution in [-0.2, 0) is 20.9 Å². The zero-order chi connectivity index (χ0) is 21.3. The van der Waals surface area contributed by atoms with Crippen molar-refractivity contribution in [3.8, 4) is 0 Å². The lowest BCUT2D eigenvalue weighted by Crippen LogP contribution is -2.41. The van der Waals surface area contributed by atoms with Crippen molar-refractivity contribution < 1.29 is 14.3 Å². The van der Waals surface area contributed by atoms with E-state index in [0.29, 0.717) is 33.3 Å². The maximum Gasteiger partial charge on any atom is 0.316 e. The molecule has 4 nitrogen and oxygen atoms in total. The normalized spacial score (nSPS) is 21.1. The van der Waals surface area contributed by atoms with E-state index in [1.165, 1.54) is 0 Å². The number of Topliss-reactive ketones (excluding diaryl/α,β-unsaturated/α-hetero) is 1. The molecule has 0 spiro atoms.